The molecule has 0 spiro atoms. The minimum absolute atomic E-state index is 0.111. The zero-order valence-corrected chi connectivity index (χ0v) is 9.42. The van der Waals surface area contributed by atoms with E-state index in [9.17, 15) is 13.2 Å². The first-order chi connectivity index (χ1) is 8.04. The van der Waals surface area contributed by atoms with Gasteiger partial charge in [-0.3, -0.25) is 4.98 Å². The van der Waals surface area contributed by atoms with Crippen LogP contribution in [0.5, 0.6) is 0 Å². The zero-order chi connectivity index (χ0) is 12.3. The van der Waals surface area contributed by atoms with Crippen molar-refractivity contribution in [3.8, 4) is 11.1 Å². The van der Waals surface area contributed by atoms with Gasteiger partial charge in [0.15, 0.2) is 0 Å². The lowest BCUT2D eigenvalue weighted by molar-refractivity contribution is -0.0328. The van der Waals surface area contributed by atoms with Crippen LogP contribution in [-0.2, 0) is 0 Å². The fraction of sp³-hybridized carbons (Fsp3) is 0.0833. The molecular formula is C12H8F3NS. The van der Waals surface area contributed by atoms with Crippen LogP contribution >= 0.6 is 11.8 Å². The molecule has 0 atom stereocenters. The number of hydrogen-bond donors (Lipinski definition) is 0. The van der Waals surface area contributed by atoms with E-state index in [1.54, 1.807) is 30.6 Å². The molecule has 0 saturated carbocycles. The van der Waals surface area contributed by atoms with Crippen LogP contribution < -0.4 is 0 Å². The highest BCUT2D eigenvalue weighted by Crippen LogP contribution is 2.37. The summed E-state index contributed by atoms with van der Waals surface area (Å²) >= 11 is -0.111. The number of pyridine rings is 1. The molecule has 0 aliphatic carbocycles. The number of thioether (sulfide) groups is 1. The van der Waals surface area contributed by atoms with Crippen molar-refractivity contribution in [3.05, 3.63) is 48.8 Å². The van der Waals surface area contributed by atoms with Crippen molar-refractivity contribution in [2.75, 3.05) is 0 Å². The molecule has 0 amide bonds. The van der Waals surface area contributed by atoms with E-state index in [0.717, 1.165) is 11.1 Å². The standard InChI is InChI=1S/C12H8F3NS/c13-12(14,15)17-11-5-1-3-9(7-11)10-4-2-6-16-8-10/h1-8H. The number of benzene rings is 1. The number of nitrogens with zero attached hydrogens (tertiary/aromatic N) is 1. The Bertz CT molecular complexity index is 497. The highest BCUT2D eigenvalue weighted by molar-refractivity contribution is 8.00. The molecule has 0 bridgehead atoms. The van der Waals surface area contributed by atoms with E-state index >= 15 is 0 Å². The summed E-state index contributed by atoms with van der Waals surface area (Å²) in [5.41, 5.74) is -2.72. The smallest absolute Gasteiger partial charge is 0.264 e. The SMILES string of the molecule is FC(F)(F)Sc1cccc(-c2cccnc2)c1. The van der Waals surface area contributed by atoms with Crippen LogP contribution in [0, 0.1) is 0 Å². The van der Waals surface area contributed by atoms with Gasteiger partial charge in [-0.25, -0.2) is 0 Å². The van der Waals surface area contributed by atoms with Gasteiger partial charge in [0, 0.05) is 22.9 Å². The molecule has 0 radical (unpaired) electrons. The van der Waals surface area contributed by atoms with Crippen molar-refractivity contribution >= 4 is 11.8 Å². The molecule has 2 rings (SSSR count). The first-order valence-electron chi connectivity index (χ1n) is 4.81. The van der Waals surface area contributed by atoms with Crippen LogP contribution in [-0.4, -0.2) is 10.5 Å². The van der Waals surface area contributed by atoms with E-state index < -0.39 is 5.51 Å². The fourth-order valence-electron chi connectivity index (χ4n) is 1.41. The summed E-state index contributed by atoms with van der Waals surface area (Å²) < 4.78 is 36.7. The molecule has 1 nitrogen and oxygen atoms in total. The molecule has 1 aromatic heterocycles. The van der Waals surface area contributed by atoms with E-state index in [2.05, 4.69) is 4.98 Å². The van der Waals surface area contributed by atoms with E-state index in [4.69, 9.17) is 0 Å². The maximum Gasteiger partial charge on any atom is 0.446 e. The second kappa shape index (κ2) is 4.79. The van der Waals surface area contributed by atoms with Crippen molar-refractivity contribution in [1.29, 1.82) is 0 Å². The number of aromatic nitrogens is 1. The maximum absolute atomic E-state index is 12.2. The Morgan fingerprint density at radius 2 is 1.76 bits per heavy atom. The Kier molecular flexibility index (Phi) is 3.38. The van der Waals surface area contributed by atoms with Gasteiger partial charge >= 0.3 is 5.51 Å². The molecule has 88 valence electrons. The van der Waals surface area contributed by atoms with Gasteiger partial charge in [-0.1, -0.05) is 18.2 Å². The molecule has 17 heavy (non-hydrogen) atoms. The Hall–Kier alpha value is -1.49. The van der Waals surface area contributed by atoms with Crippen LogP contribution in [0.2, 0.25) is 0 Å². The lowest BCUT2D eigenvalue weighted by Crippen LogP contribution is -1.98. The van der Waals surface area contributed by atoms with E-state index in [0.29, 0.717) is 0 Å². The third-order valence-electron chi connectivity index (χ3n) is 2.06. The average Bonchev–Trinajstić information content (AvgIpc) is 2.28. The molecule has 0 aliphatic heterocycles. The van der Waals surface area contributed by atoms with Crippen molar-refractivity contribution in [2.45, 2.75) is 10.4 Å². The average molecular weight is 255 g/mol. The second-order valence-corrected chi connectivity index (χ2v) is 4.46. The number of halogens is 3. The minimum atomic E-state index is -4.26. The normalized spacial score (nSPS) is 11.5. The van der Waals surface area contributed by atoms with Gasteiger partial charge < -0.3 is 0 Å². The molecule has 0 saturated heterocycles. The number of hydrogen-bond acceptors (Lipinski definition) is 2. The Balaban J connectivity index is 2.29. The Labute approximate surface area is 101 Å². The summed E-state index contributed by atoms with van der Waals surface area (Å²) in [4.78, 5) is 4.12. The first-order valence-corrected chi connectivity index (χ1v) is 5.62. The largest absolute Gasteiger partial charge is 0.446 e. The first kappa shape index (κ1) is 12.0. The summed E-state index contributed by atoms with van der Waals surface area (Å²) in [5, 5.41) is 0. The summed E-state index contributed by atoms with van der Waals surface area (Å²) in [5.74, 6) is 0. The van der Waals surface area contributed by atoms with E-state index in [-0.39, 0.29) is 16.7 Å². The van der Waals surface area contributed by atoms with Crippen molar-refractivity contribution in [3.63, 3.8) is 0 Å². The van der Waals surface area contributed by atoms with Crippen LogP contribution in [0.3, 0.4) is 0 Å². The molecule has 1 heterocycles. The Morgan fingerprint density at radius 3 is 2.41 bits per heavy atom. The van der Waals surface area contributed by atoms with Gasteiger partial charge in [-0.05, 0) is 35.5 Å². The van der Waals surface area contributed by atoms with Crippen LogP contribution in [0.25, 0.3) is 11.1 Å². The van der Waals surface area contributed by atoms with Crippen molar-refractivity contribution in [1.82, 2.24) is 4.98 Å². The molecule has 0 unspecified atom stereocenters. The predicted molar refractivity (Wildman–Crippen MR) is 61.6 cm³/mol. The molecule has 0 aliphatic rings. The summed E-state index contributed by atoms with van der Waals surface area (Å²) in [6.07, 6.45) is 3.25. The number of rotatable bonds is 2. The highest BCUT2D eigenvalue weighted by Gasteiger charge is 2.29. The second-order valence-electron chi connectivity index (χ2n) is 3.32. The van der Waals surface area contributed by atoms with Gasteiger partial charge in [0.25, 0.3) is 0 Å². The third-order valence-corrected chi connectivity index (χ3v) is 2.78. The predicted octanol–water partition coefficient (Wildman–Crippen LogP) is 4.36. The molecule has 2 aromatic rings. The summed E-state index contributed by atoms with van der Waals surface area (Å²) in [6, 6.07) is 9.88. The van der Waals surface area contributed by atoms with Crippen LogP contribution in [0.1, 0.15) is 0 Å². The lowest BCUT2D eigenvalue weighted by atomic mass is 10.1. The van der Waals surface area contributed by atoms with Crippen molar-refractivity contribution in [2.24, 2.45) is 0 Å². The monoisotopic (exact) mass is 255 g/mol. The Morgan fingerprint density at radius 1 is 1.00 bits per heavy atom. The molecule has 5 heteroatoms. The summed E-state index contributed by atoms with van der Waals surface area (Å²) in [6.45, 7) is 0. The van der Waals surface area contributed by atoms with Gasteiger partial charge in [-0.15, -0.1) is 0 Å². The quantitative estimate of drug-likeness (QED) is 0.739. The fourth-order valence-corrected chi connectivity index (χ4v) is 2.01. The summed E-state index contributed by atoms with van der Waals surface area (Å²) in [7, 11) is 0. The number of alkyl halides is 3. The van der Waals surface area contributed by atoms with Crippen LogP contribution in [0.15, 0.2) is 53.7 Å². The van der Waals surface area contributed by atoms with Gasteiger partial charge in [0.1, 0.15) is 0 Å². The van der Waals surface area contributed by atoms with Crippen molar-refractivity contribution < 1.29 is 13.2 Å². The highest BCUT2D eigenvalue weighted by atomic mass is 32.2. The van der Waals surface area contributed by atoms with Gasteiger partial charge in [0.2, 0.25) is 0 Å². The topological polar surface area (TPSA) is 12.9 Å². The molecule has 1 aromatic carbocycles. The molecule has 0 N–H and O–H groups in total. The van der Waals surface area contributed by atoms with E-state index in [1.807, 2.05) is 6.07 Å². The van der Waals surface area contributed by atoms with Gasteiger partial charge in [0.05, 0.1) is 0 Å². The van der Waals surface area contributed by atoms with Crippen LogP contribution in [0.4, 0.5) is 13.2 Å². The van der Waals surface area contributed by atoms with E-state index in [1.165, 1.54) is 12.1 Å². The third kappa shape index (κ3) is 3.49. The minimum Gasteiger partial charge on any atom is -0.264 e. The maximum atomic E-state index is 12.2. The lowest BCUT2D eigenvalue weighted by Gasteiger charge is -2.07. The van der Waals surface area contributed by atoms with Gasteiger partial charge in [-0.2, -0.15) is 13.2 Å². The zero-order valence-electron chi connectivity index (χ0n) is 8.61. The molecule has 0 fully saturated rings. The molecular weight excluding hydrogens is 247 g/mol.